The molecule has 1 saturated heterocycles. The Morgan fingerprint density at radius 3 is 2.65 bits per heavy atom. The Kier molecular flexibility index (Phi) is 7.09. The molecule has 1 aliphatic rings. The number of aliphatic hydroxyl groups is 1. The van der Waals surface area contributed by atoms with E-state index < -0.39 is 6.10 Å². The molecule has 0 radical (unpaired) electrons. The minimum absolute atomic E-state index is 0.175. The third-order valence-corrected chi connectivity index (χ3v) is 3.31. The molecule has 1 aliphatic heterocycles. The molecule has 1 aromatic carbocycles. The van der Waals surface area contributed by atoms with E-state index in [1.165, 1.54) is 0 Å². The maximum absolute atomic E-state index is 11.8. The SMILES string of the molecule is CC.CCOC(=O)N1CCCC1C(O)c1ccccc1. The zero-order valence-corrected chi connectivity index (χ0v) is 12.6. The molecule has 0 aliphatic carbocycles. The monoisotopic (exact) mass is 279 g/mol. The first-order valence-corrected chi connectivity index (χ1v) is 7.40. The van der Waals surface area contributed by atoms with Crippen LogP contribution in [0.2, 0.25) is 0 Å². The summed E-state index contributed by atoms with van der Waals surface area (Å²) in [4.78, 5) is 13.4. The van der Waals surface area contributed by atoms with Gasteiger partial charge in [-0.15, -0.1) is 0 Å². The van der Waals surface area contributed by atoms with Crippen LogP contribution in [0.5, 0.6) is 0 Å². The van der Waals surface area contributed by atoms with Crippen molar-refractivity contribution in [3.8, 4) is 0 Å². The Morgan fingerprint density at radius 2 is 2.05 bits per heavy atom. The van der Waals surface area contributed by atoms with Crippen molar-refractivity contribution in [2.24, 2.45) is 0 Å². The summed E-state index contributed by atoms with van der Waals surface area (Å²) in [6, 6.07) is 9.28. The Hall–Kier alpha value is -1.55. The van der Waals surface area contributed by atoms with Crippen molar-refractivity contribution >= 4 is 6.09 Å². The molecule has 1 N–H and O–H groups in total. The van der Waals surface area contributed by atoms with Crippen LogP contribution in [0, 0.1) is 0 Å². The van der Waals surface area contributed by atoms with E-state index in [0.29, 0.717) is 13.2 Å². The van der Waals surface area contributed by atoms with Crippen LogP contribution in [0.4, 0.5) is 4.79 Å². The first kappa shape index (κ1) is 16.5. The van der Waals surface area contributed by atoms with E-state index in [4.69, 9.17) is 4.74 Å². The zero-order valence-electron chi connectivity index (χ0n) is 12.6. The molecule has 112 valence electrons. The largest absolute Gasteiger partial charge is 0.450 e. The highest BCUT2D eigenvalue weighted by atomic mass is 16.6. The number of ether oxygens (including phenoxy) is 1. The van der Waals surface area contributed by atoms with Gasteiger partial charge >= 0.3 is 6.09 Å². The summed E-state index contributed by atoms with van der Waals surface area (Å²) in [6.45, 7) is 6.81. The summed E-state index contributed by atoms with van der Waals surface area (Å²) in [5, 5.41) is 10.4. The maximum atomic E-state index is 11.8. The van der Waals surface area contributed by atoms with Gasteiger partial charge in [-0.2, -0.15) is 0 Å². The van der Waals surface area contributed by atoms with Crippen molar-refractivity contribution in [3.63, 3.8) is 0 Å². The third-order valence-electron chi connectivity index (χ3n) is 3.31. The molecule has 4 heteroatoms. The lowest BCUT2D eigenvalue weighted by Gasteiger charge is -2.28. The number of likely N-dealkylation sites (tertiary alicyclic amines) is 1. The fraction of sp³-hybridized carbons (Fsp3) is 0.562. The molecule has 20 heavy (non-hydrogen) atoms. The summed E-state index contributed by atoms with van der Waals surface area (Å²) in [6.07, 6.45) is 0.760. The average molecular weight is 279 g/mol. The minimum atomic E-state index is -0.641. The van der Waals surface area contributed by atoms with Gasteiger partial charge in [-0.3, -0.25) is 0 Å². The number of aliphatic hydroxyl groups excluding tert-OH is 1. The number of nitrogens with zero attached hydrogens (tertiary/aromatic N) is 1. The van der Waals surface area contributed by atoms with Crippen molar-refractivity contribution in [2.75, 3.05) is 13.2 Å². The Balaban J connectivity index is 0.000000956. The summed E-state index contributed by atoms with van der Waals surface area (Å²) in [5.74, 6) is 0. The lowest BCUT2D eigenvalue weighted by atomic mass is 10.0. The molecule has 2 atom stereocenters. The summed E-state index contributed by atoms with van der Waals surface area (Å²) >= 11 is 0. The third kappa shape index (κ3) is 3.97. The standard InChI is InChI=1S/C14H19NO3.C2H6/c1-2-18-14(17)15-10-6-9-12(15)13(16)11-7-4-3-5-8-11;1-2/h3-5,7-8,12-13,16H,2,6,9-10H2,1H3;1-2H3. The zero-order chi connectivity index (χ0) is 15.0. The van der Waals surface area contributed by atoms with Crippen LogP contribution in [0.15, 0.2) is 30.3 Å². The Bertz CT molecular complexity index is 394. The Labute approximate surface area is 121 Å². The fourth-order valence-corrected chi connectivity index (χ4v) is 2.43. The molecule has 4 nitrogen and oxygen atoms in total. The van der Waals surface area contributed by atoms with Gasteiger partial charge in [-0.1, -0.05) is 44.2 Å². The number of benzene rings is 1. The minimum Gasteiger partial charge on any atom is -0.450 e. The molecule has 2 unspecified atom stereocenters. The smallest absolute Gasteiger partial charge is 0.410 e. The van der Waals surface area contributed by atoms with E-state index in [-0.39, 0.29) is 12.1 Å². The van der Waals surface area contributed by atoms with Crippen LogP contribution in [0.25, 0.3) is 0 Å². The van der Waals surface area contributed by atoms with Gasteiger partial charge in [0.25, 0.3) is 0 Å². The van der Waals surface area contributed by atoms with Gasteiger partial charge < -0.3 is 14.7 Å². The van der Waals surface area contributed by atoms with Crippen molar-refractivity contribution in [1.29, 1.82) is 0 Å². The maximum Gasteiger partial charge on any atom is 0.410 e. The number of carbonyl (C=O) groups is 1. The predicted octanol–water partition coefficient (Wildman–Crippen LogP) is 3.37. The first-order valence-electron chi connectivity index (χ1n) is 7.40. The van der Waals surface area contributed by atoms with E-state index in [9.17, 15) is 9.90 Å². The molecule has 0 saturated carbocycles. The molecule has 0 aromatic heterocycles. The molecular formula is C16H25NO3. The predicted molar refractivity (Wildman–Crippen MR) is 79.5 cm³/mol. The molecular weight excluding hydrogens is 254 g/mol. The highest BCUT2D eigenvalue weighted by molar-refractivity contribution is 5.68. The number of carbonyl (C=O) groups excluding carboxylic acids is 1. The van der Waals surface area contributed by atoms with Gasteiger partial charge in [0.2, 0.25) is 0 Å². The lowest BCUT2D eigenvalue weighted by molar-refractivity contribution is 0.0529. The average Bonchev–Trinajstić information content (AvgIpc) is 2.99. The molecule has 1 aromatic rings. The normalized spacial score (nSPS) is 19.0. The summed E-state index contributed by atoms with van der Waals surface area (Å²) in [7, 11) is 0. The fourth-order valence-electron chi connectivity index (χ4n) is 2.43. The lowest BCUT2D eigenvalue weighted by Crippen LogP contribution is -2.39. The van der Waals surface area contributed by atoms with Gasteiger partial charge in [0.1, 0.15) is 0 Å². The molecule has 0 bridgehead atoms. The van der Waals surface area contributed by atoms with Crippen LogP contribution in [-0.2, 0) is 4.74 Å². The van der Waals surface area contributed by atoms with Crippen molar-refractivity contribution in [3.05, 3.63) is 35.9 Å². The van der Waals surface area contributed by atoms with Gasteiger partial charge in [0.15, 0.2) is 0 Å². The van der Waals surface area contributed by atoms with Gasteiger partial charge in [0.05, 0.1) is 18.8 Å². The van der Waals surface area contributed by atoms with Gasteiger partial charge in [-0.25, -0.2) is 4.79 Å². The van der Waals surface area contributed by atoms with Crippen LogP contribution >= 0.6 is 0 Å². The van der Waals surface area contributed by atoms with Crippen molar-refractivity contribution in [2.45, 2.75) is 45.8 Å². The van der Waals surface area contributed by atoms with Gasteiger partial charge in [0, 0.05) is 6.54 Å². The van der Waals surface area contributed by atoms with Crippen LogP contribution < -0.4 is 0 Å². The van der Waals surface area contributed by atoms with E-state index in [0.717, 1.165) is 18.4 Å². The number of hydrogen-bond donors (Lipinski definition) is 1. The van der Waals surface area contributed by atoms with Gasteiger partial charge in [-0.05, 0) is 25.3 Å². The quantitative estimate of drug-likeness (QED) is 0.923. The van der Waals surface area contributed by atoms with E-state index in [2.05, 4.69) is 0 Å². The van der Waals surface area contributed by atoms with E-state index in [1.54, 1.807) is 11.8 Å². The topological polar surface area (TPSA) is 49.8 Å². The van der Waals surface area contributed by atoms with Crippen molar-refractivity contribution < 1.29 is 14.6 Å². The summed E-state index contributed by atoms with van der Waals surface area (Å²) < 4.78 is 5.02. The van der Waals surface area contributed by atoms with Crippen molar-refractivity contribution in [1.82, 2.24) is 4.90 Å². The second-order valence-corrected chi connectivity index (χ2v) is 4.46. The Morgan fingerprint density at radius 1 is 1.40 bits per heavy atom. The molecule has 1 heterocycles. The molecule has 1 fully saturated rings. The highest BCUT2D eigenvalue weighted by Gasteiger charge is 2.35. The second kappa shape index (κ2) is 8.59. The molecule has 0 spiro atoms. The van der Waals surface area contributed by atoms with E-state index in [1.807, 2.05) is 44.2 Å². The number of rotatable bonds is 3. The number of amides is 1. The van der Waals surface area contributed by atoms with E-state index >= 15 is 0 Å². The highest BCUT2D eigenvalue weighted by Crippen LogP contribution is 2.29. The molecule has 2 rings (SSSR count). The first-order chi connectivity index (χ1) is 9.74. The second-order valence-electron chi connectivity index (χ2n) is 4.46. The summed E-state index contributed by atoms with van der Waals surface area (Å²) in [5.41, 5.74) is 0.846. The number of hydrogen-bond acceptors (Lipinski definition) is 3. The van der Waals surface area contributed by atoms with Crippen LogP contribution in [0.3, 0.4) is 0 Å². The van der Waals surface area contributed by atoms with Crippen LogP contribution in [-0.4, -0.2) is 35.3 Å². The van der Waals surface area contributed by atoms with Crippen LogP contribution in [0.1, 0.15) is 45.3 Å². The molecule has 1 amide bonds.